The lowest BCUT2D eigenvalue weighted by atomic mass is 10.1. The largest absolute Gasteiger partial charge is 0.478 e. The van der Waals surface area contributed by atoms with Gasteiger partial charge in [-0.1, -0.05) is 12.1 Å². The molecule has 0 spiro atoms. The second-order valence-electron chi connectivity index (χ2n) is 6.54. The lowest BCUT2D eigenvalue weighted by Crippen LogP contribution is -2.00. The summed E-state index contributed by atoms with van der Waals surface area (Å²) in [7, 11) is 0. The van der Waals surface area contributed by atoms with Gasteiger partial charge < -0.3 is 9.67 Å². The van der Waals surface area contributed by atoms with Crippen LogP contribution in [0.2, 0.25) is 0 Å². The summed E-state index contributed by atoms with van der Waals surface area (Å²) in [5, 5.41) is 9.09. The van der Waals surface area contributed by atoms with E-state index in [2.05, 4.69) is 61.5 Å². The van der Waals surface area contributed by atoms with Gasteiger partial charge in [-0.25, -0.2) is 4.79 Å². The van der Waals surface area contributed by atoms with E-state index in [-0.39, 0.29) is 5.56 Å². The molecule has 0 aliphatic heterocycles. The van der Waals surface area contributed by atoms with Crippen molar-refractivity contribution in [2.45, 2.75) is 27.7 Å². The number of aliphatic imine (C=N–C) groups is 1. The van der Waals surface area contributed by atoms with Crippen LogP contribution in [0.1, 0.15) is 38.4 Å². The van der Waals surface area contributed by atoms with Crippen LogP contribution < -0.4 is 0 Å². The molecule has 0 aliphatic rings. The van der Waals surface area contributed by atoms with Crippen LogP contribution in [0.5, 0.6) is 0 Å². The Kier molecular flexibility index (Phi) is 4.76. The van der Waals surface area contributed by atoms with Gasteiger partial charge in [-0.2, -0.15) is 0 Å². The number of aromatic carboxylic acids is 1. The van der Waals surface area contributed by atoms with Crippen LogP contribution in [0, 0.1) is 27.7 Å². The van der Waals surface area contributed by atoms with Crippen molar-refractivity contribution < 1.29 is 9.90 Å². The van der Waals surface area contributed by atoms with Gasteiger partial charge >= 0.3 is 5.97 Å². The Balaban J connectivity index is 1.96. The molecule has 0 amide bonds. The molecule has 2 aromatic carbocycles. The monoisotopic (exact) mass is 346 g/mol. The van der Waals surface area contributed by atoms with E-state index >= 15 is 0 Å². The predicted octanol–water partition coefficient (Wildman–Crippen LogP) is 5.16. The molecule has 0 saturated carbocycles. The van der Waals surface area contributed by atoms with E-state index in [1.54, 1.807) is 30.5 Å². The van der Waals surface area contributed by atoms with Gasteiger partial charge in [0.1, 0.15) is 0 Å². The normalized spacial score (nSPS) is 11.2. The minimum atomic E-state index is -0.949. The fourth-order valence-electron chi connectivity index (χ4n) is 3.04. The quantitative estimate of drug-likeness (QED) is 0.663. The van der Waals surface area contributed by atoms with Crippen LogP contribution in [-0.4, -0.2) is 21.9 Å². The highest BCUT2D eigenvalue weighted by molar-refractivity contribution is 5.89. The Labute approximate surface area is 153 Å². The maximum atomic E-state index is 11.1. The van der Waals surface area contributed by atoms with Crippen molar-refractivity contribution in [2.24, 2.45) is 4.99 Å². The van der Waals surface area contributed by atoms with Gasteiger partial charge in [-0.15, -0.1) is 0 Å². The number of benzene rings is 2. The molecule has 4 heteroatoms. The summed E-state index contributed by atoms with van der Waals surface area (Å²) in [6.45, 7) is 8.37. The first-order chi connectivity index (χ1) is 12.4. The van der Waals surface area contributed by atoms with Crippen LogP contribution >= 0.6 is 0 Å². The molecule has 3 rings (SSSR count). The number of hydrogen-bond donors (Lipinski definition) is 1. The van der Waals surface area contributed by atoms with Crippen molar-refractivity contribution in [3.63, 3.8) is 0 Å². The summed E-state index contributed by atoms with van der Waals surface area (Å²) in [6, 6.07) is 15.2. The topological polar surface area (TPSA) is 54.6 Å². The molecule has 0 bridgehead atoms. The molecule has 1 aromatic heterocycles. The van der Waals surface area contributed by atoms with Crippen LogP contribution in [0.3, 0.4) is 0 Å². The van der Waals surface area contributed by atoms with Gasteiger partial charge in [-0.3, -0.25) is 4.99 Å². The highest BCUT2D eigenvalue weighted by Crippen LogP contribution is 2.22. The van der Waals surface area contributed by atoms with Gasteiger partial charge in [0.25, 0.3) is 0 Å². The predicted molar refractivity (Wildman–Crippen MR) is 105 cm³/mol. The number of aryl methyl sites for hydroxylation is 3. The first kappa shape index (κ1) is 17.7. The van der Waals surface area contributed by atoms with Gasteiger partial charge in [0.15, 0.2) is 0 Å². The van der Waals surface area contributed by atoms with E-state index in [9.17, 15) is 4.79 Å². The smallest absolute Gasteiger partial charge is 0.335 e. The second-order valence-corrected chi connectivity index (χ2v) is 6.54. The molecule has 3 aromatic rings. The van der Waals surface area contributed by atoms with Crippen molar-refractivity contribution in [1.82, 2.24) is 4.57 Å². The SMILES string of the molecule is Cc1ccc(-n2c(C)cc(C=Nc3cccc(C(=O)O)c3)c2C)cc1C. The lowest BCUT2D eigenvalue weighted by molar-refractivity contribution is 0.0697. The molecule has 0 unspecified atom stereocenters. The molecule has 1 N–H and O–H groups in total. The maximum absolute atomic E-state index is 11.1. The molecule has 1 heterocycles. The first-order valence-corrected chi connectivity index (χ1v) is 8.51. The molecule has 0 aliphatic carbocycles. The van der Waals surface area contributed by atoms with Crippen LogP contribution in [0.15, 0.2) is 53.5 Å². The molecular formula is C22H22N2O2. The van der Waals surface area contributed by atoms with Crippen LogP contribution in [-0.2, 0) is 0 Å². The van der Waals surface area contributed by atoms with Crippen molar-refractivity contribution in [3.05, 3.63) is 82.2 Å². The third-order valence-electron chi connectivity index (χ3n) is 4.66. The average Bonchev–Trinajstić information content (AvgIpc) is 2.89. The van der Waals surface area contributed by atoms with Crippen molar-refractivity contribution in [3.8, 4) is 5.69 Å². The molecule has 0 saturated heterocycles. The third-order valence-corrected chi connectivity index (χ3v) is 4.66. The summed E-state index contributed by atoms with van der Waals surface area (Å²) in [5.74, 6) is -0.949. The minimum Gasteiger partial charge on any atom is -0.478 e. The van der Waals surface area contributed by atoms with Crippen molar-refractivity contribution in [1.29, 1.82) is 0 Å². The number of nitrogens with zero attached hydrogens (tertiary/aromatic N) is 2. The summed E-state index contributed by atoms with van der Waals surface area (Å²) in [5.41, 5.74) is 7.78. The van der Waals surface area contributed by atoms with E-state index < -0.39 is 5.97 Å². The van der Waals surface area contributed by atoms with Gasteiger partial charge in [0.2, 0.25) is 0 Å². The molecule has 0 fully saturated rings. The zero-order valence-electron chi connectivity index (χ0n) is 15.4. The number of aromatic nitrogens is 1. The van der Waals surface area contributed by atoms with E-state index in [0.717, 1.165) is 22.6 Å². The lowest BCUT2D eigenvalue weighted by Gasteiger charge is -2.11. The fraction of sp³-hybridized carbons (Fsp3) is 0.182. The Morgan fingerprint density at radius 2 is 1.77 bits per heavy atom. The molecule has 4 nitrogen and oxygen atoms in total. The number of hydrogen-bond acceptors (Lipinski definition) is 2. The average molecular weight is 346 g/mol. The molecule has 0 atom stereocenters. The highest BCUT2D eigenvalue weighted by atomic mass is 16.4. The zero-order chi connectivity index (χ0) is 18.8. The number of carboxylic acids is 1. The standard InChI is InChI=1S/C22H22N2O2/c1-14-8-9-21(10-15(14)2)24-16(3)11-19(17(24)4)13-23-20-7-5-6-18(12-20)22(25)26/h5-13H,1-4H3,(H,25,26). The van der Waals surface area contributed by atoms with E-state index in [4.69, 9.17) is 5.11 Å². The van der Waals surface area contributed by atoms with Crippen molar-refractivity contribution in [2.75, 3.05) is 0 Å². The van der Waals surface area contributed by atoms with Crippen molar-refractivity contribution >= 4 is 17.9 Å². The fourth-order valence-corrected chi connectivity index (χ4v) is 3.04. The van der Waals surface area contributed by atoms with Crippen LogP contribution in [0.4, 0.5) is 5.69 Å². The van der Waals surface area contributed by atoms with E-state index in [1.807, 2.05) is 0 Å². The molecular weight excluding hydrogens is 324 g/mol. The highest BCUT2D eigenvalue weighted by Gasteiger charge is 2.10. The summed E-state index contributed by atoms with van der Waals surface area (Å²) >= 11 is 0. The Bertz CT molecular complexity index is 1010. The Hall–Kier alpha value is -3.14. The number of carboxylic acid groups (broad SMARTS) is 1. The number of rotatable bonds is 4. The second kappa shape index (κ2) is 7.00. The molecule has 0 radical (unpaired) electrons. The Morgan fingerprint density at radius 1 is 1.00 bits per heavy atom. The van der Waals surface area contributed by atoms with Gasteiger partial charge in [0, 0.05) is 28.9 Å². The Morgan fingerprint density at radius 3 is 2.46 bits per heavy atom. The van der Waals surface area contributed by atoms with Gasteiger partial charge in [-0.05, 0) is 75.2 Å². The summed E-state index contributed by atoms with van der Waals surface area (Å²) in [4.78, 5) is 15.5. The van der Waals surface area contributed by atoms with E-state index in [0.29, 0.717) is 5.69 Å². The molecule has 26 heavy (non-hydrogen) atoms. The maximum Gasteiger partial charge on any atom is 0.335 e. The van der Waals surface area contributed by atoms with E-state index in [1.165, 1.54) is 11.1 Å². The van der Waals surface area contributed by atoms with Gasteiger partial charge in [0.05, 0.1) is 11.3 Å². The minimum absolute atomic E-state index is 0.236. The zero-order valence-corrected chi connectivity index (χ0v) is 15.4. The first-order valence-electron chi connectivity index (χ1n) is 8.51. The summed E-state index contributed by atoms with van der Waals surface area (Å²) < 4.78 is 2.21. The molecule has 132 valence electrons. The third kappa shape index (κ3) is 3.45. The van der Waals surface area contributed by atoms with Crippen LogP contribution in [0.25, 0.3) is 5.69 Å². The number of carbonyl (C=O) groups is 1. The summed E-state index contributed by atoms with van der Waals surface area (Å²) in [6.07, 6.45) is 1.79.